The predicted molar refractivity (Wildman–Crippen MR) is 90.7 cm³/mol. The summed E-state index contributed by atoms with van der Waals surface area (Å²) in [6.07, 6.45) is 3.59. The molecule has 0 saturated heterocycles. The average Bonchev–Trinajstić information content (AvgIpc) is 2.56. The van der Waals surface area contributed by atoms with Gasteiger partial charge in [0.25, 0.3) is 0 Å². The van der Waals surface area contributed by atoms with Crippen LogP contribution in [0.25, 0.3) is 21.8 Å². The molecule has 3 heteroatoms. The van der Waals surface area contributed by atoms with E-state index < -0.39 is 0 Å². The molecule has 2 nitrogen and oxygen atoms in total. The molecule has 0 bridgehead atoms. The maximum Gasteiger partial charge on any atom is 0.0835 e. The van der Waals surface area contributed by atoms with E-state index in [1.165, 1.54) is 5.39 Å². The van der Waals surface area contributed by atoms with Gasteiger partial charge in [0.1, 0.15) is 0 Å². The first-order valence-corrected chi connectivity index (χ1v) is 7.12. The molecule has 0 unspecified atom stereocenters. The van der Waals surface area contributed by atoms with Gasteiger partial charge >= 0.3 is 0 Å². The van der Waals surface area contributed by atoms with Gasteiger partial charge in [0, 0.05) is 28.1 Å². The second-order valence-corrected chi connectivity index (χ2v) is 5.03. The lowest BCUT2D eigenvalue weighted by Gasteiger charge is -1.97. The zero-order chi connectivity index (χ0) is 14.5. The van der Waals surface area contributed by atoms with Crippen molar-refractivity contribution in [2.45, 2.75) is 4.90 Å². The van der Waals surface area contributed by atoms with Crippen LogP contribution in [0.1, 0.15) is 0 Å². The Balaban J connectivity index is 0.000000126. The maximum atomic E-state index is 4.29. The Hall–Kier alpha value is -2.39. The number of aromatic nitrogens is 2. The Kier molecular flexibility index (Phi) is 4.12. The summed E-state index contributed by atoms with van der Waals surface area (Å²) in [7, 11) is 0. The highest BCUT2D eigenvalue weighted by molar-refractivity contribution is 7.80. The van der Waals surface area contributed by atoms with Gasteiger partial charge in [0.15, 0.2) is 0 Å². The first-order valence-electron chi connectivity index (χ1n) is 6.67. The van der Waals surface area contributed by atoms with Crippen molar-refractivity contribution >= 4 is 34.4 Å². The molecule has 4 aromatic rings. The van der Waals surface area contributed by atoms with Crippen LogP contribution in [0.15, 0.2) is 84.0 Å². The predicted octanol–water partition coefficient (Wildman–Crippen LogP) is 4.76. The fourth-order valence-corrected chi connectivity index (χ4v) is 2.38. The highest BCUT2D eigenvalue weighted by Gasteiger charge is 1.94. The summed E-state index contributed by atoms with van der Waals surface area (Å²) in [6.45, 7) is 0. The lowest BCUT2D eigenvalue weighted by molar-refractivity contribution is 1.36. The van der Waals surface area contributed by atoms with Gasteiger partial charge in [-0.05, 0) is 24.3 Å². The van der Waals surface area contributed by atoms with Gasteiger partial charge in [-0.15, -0.1) is 12.6 Å². The van der Waals surface area contributed by atoms with Gasteiger partial charge in [0.2, 0.25) is 0 Å². The third kappa shape index (κ3) is 3.20. The molecule has 0 saturated carbocycles. The van der Waals surface area contributed by atoms with Gasteiger partial charge in [-0.2, -0.15) is 0 Å². The Morgan fingerprint density at radius 2 is 1.29 bits per heavy atom. The van der Waals surface area contributed by atoms with Crippen LogP contribution in [0.4, 0.5) is 0 Å². The molecule has 0 aliphatic rings. The second kappa shape index (κ2) is 6.37. The summed E-state index contributed by atoms with van der Waals surface area (Å²) >= 11 is 4.29. The van der Waals surface area contributed by atoms with Crippen molar-refractivity contribution in [1.29, 1.82) is 0 Å². The van der Waals surface area contributed by atoms with Gasteiger partial charge in [-0.1, -0.05) is 42.5 Å². The fraction of sp³-hybridized carbons (Fsp3) is 0. The molecule has 0 atom stereocenters. The first kappa shape index (κ1) is 13.6. The quantitative estimate of drug-likeness (QED) is 0.473. The van der Waals surface area contributed by atoms with Crippen LogP contribution in [-0.2, 0) is 0 Å². The zero-order valence-electron chi connectivity index (χ0n) is 11.3. The van der Waals surface area contributed by atoms with E-state index in [-0.39, 0.29) is 0 Å². The Bertz CT molecular complexity index is 804. The maximum absolute atomic E-state index is 4.29. The number of rotatable bonds is 0. The van der Waals surface area contributed by atoms with E-state index in [2.05, 4.69) is 34.7 Å². The number of thiol groups is 1. The van der Waals surface area contributed by atoms with Crippen molar-refractivity contribution in [2.75, 3.05) is 0 Å². The third-order valence-electron chi connectivity index (χ3n) is 3.12. The summed E-state index contributed by atoms with van der Waals surface area (Å²) in [6, 6.07) is 22.0. The number of benzene rings is 2. The van der Waals surface area contributed by atoms with Crippen LogP contribution >= 0.6 is 12.6 Å². The third-order valence-corrected chi connectivity index (χ3v) is 3.48. The van der Waals surface area contributed by atoms with Gasteiger partial charge in [0.05, 0.1) is 11.0 Å². The lowest BCUT2D eigenvalue weighted by atomic mass is 10.2. The molecular formula is C18H14N2S. The van der Waals surface area contributed by atoms with E-state index in [9.17, 15) is 0 Å². The first-order chi connectivity index (χ1) is 10.3. The van der Waals surface area contributed by atoms with E-state index in [1.54, 1.807) is 6.20 Å². The summed E-state index contributed by atoms with van der Waals surface area (Å²) in [5.41, 5.74) is 2.03. The SMILES string of the molecule is Sc1cccc2cccnc12.c1ccc2ncccc2c1. The van der Waals surface area contributed by atoms with Crippen LogP contribution in [0, 0.1) is 0 Å². The lowest BCUT2D eigenvalue weighted by Crippen LogP contribution is -1.77. The van der Waals surface area contributed by atoms with Crippen molar-refractivity contribution < 1.29 is 0 Å². The molecule has 21 heavy (non-hydrogen) atoms. The summed E-state index contributed by atoms with van der Waals surface area (Å²) in [4.78, 5) is 9.32. The van der Waals surface area contributed by atoms with E-state index in [0.717, 1.165) is 21.3 Å². The molecule has 2 aromatic carbocycles. The van der Waals surface area contributed by atoms with Crippen molar-refractivity contribution in [3.05, 3.63) is 79.1 Å². The fourth-order valence-electron chi connectivity index (χ4n) is 2.10. The highest BCUT2D eigenvalue weighted by atomic mass is 32.1. The van der Waals surface area contributed by atoms with Gasteiger partial charge in [-0.25, -0.2) is 0 Å². The molecule has 0 aliphatic carbocycles. The molecule has 0 aliphatic heterocycles. The van der Waals surface area contributed by atoms with E-state index in [0.29, 0.717) is 0 Å². The molecule has 0 spiro atoms. The Morgan fingerprint density at radius 3 is 2.10 bits per heavy atom. The normalized spacial score (nSPS) is 10.1. The highest BCUT2D eigenvalue weighted by Crippen LogP contribution is 2.18. The van der Waals surface area contributed by atoms with Crippen LogP contribution in [0.2, 0.25) is 0 Å². The molecule has 0 N–H and O–H groups in total. The number of para-hydroxylation sites is 2. The van der Waals surface area contributed by atoms with Crippen LogP contribution in [-0.4, -0.2) is 9.97 Å². The Labute approximate surface area is 128 Å². The summed E-state index contributed by atoms with van der Waals surface area (Å²) in [5, 5.41) is 2.34. The monoisotopic (exact) mass is 290 g/mol. The number of hydrogen-bond acceptors (Lipinski definition) is 3. The van der Waals surface area contributed by atoms with Crippen molar-refractivity contribution in [1.82, 2.24) is 9.97 Å². The molecule has 102 valence electrons. The van der Waals surface area contributed by atoms with Crippen LogP contribution in [0.3, 0.4) is 0 Å². The largest absolute Gasteiger partial charge is 0.256 e. The minimum Gasteiger partial charge on any atom is -0.256 e. The number of pyridine rings is 2. The number of hydrogen-bond donors (Lipinski definition) is 1. The molecule has 0 amide bonds. The average molecular weight is 290 g/mol. The van der Waals surface area contributed by atoms with Crippen molar-refractivity contribution in [3.63, 3.8) is 0 Å². The molecule has 0 radical (unpaired) electrons. The van der Waals surface area contributed by atoms with Gasteiger partial charge < -0.3 is 0 Å². The standard InChI is InChI=1S/C9H7NS.C9H7N/c11-8-5-1-3-7-4-2-6-10-9(7)8;1-2-6-9-8(4-1)5-3-7-10-9/h1-6,11H;1-7H. The summed E-state index contributed by atoms with van der Waals surface area (Å²) < 4.78 is 0. The van der Waals surface area contributed by atoms with Crippen LogP contribution < -0.4 is 0 Å². The summed E-state index contributed by atoms with van der Waals surface area (Å²) in [5.74, 6) is 0. The molecule has 4 rings (SSSR count). The minimum absolute atomic E-state index is 0.933. The van der Waals surface area contributed by atoms with Crippen molar-refractivity contribution in [2.24, 2.45) is 0 Å². The zero-order valence-corrected chi connectivity index (χ0v) is 12.2. The Morgan fingerprint density at radius 1 is 0.619 bits per heavy atom. The van der Waals surface area contributed by atoms with E-state index >= 15 is 0 Å². The number of nitrogens with zero attached hydrogens (tertiary/aromatic N) is 2. The second-order valence-electron chi connectivity index (χ2n) is 4.55. The van der Waals surface area contributed by atoms with E-state index in [1.807, 2.05) is 60.8 Å². The topological polar surface area (TPSA) is 25.8 Å². The molecule has 2 aromatic heterocycles. The smallest absolute Gasteiger partial charge is 0.0835 e. The van der Waals surface area contributed by atoms with Crippen molar-refractivity contribution in [3.8, 4) is 0 Å². The molecular weight excluding hydrogens is 276 g/mol. The van der Waals surface area contributed by atoms with Gasteiger partial charge in [-0.3, -0.25) is 9.97 Å². The van der Waals surface area contributed by atoms with Crippen LogP contribution in [0.5, 0.6) is 0 Å². The molecule has 0 fully saturated rings. The van der Waals surface area contributed by atoms with E-state index in [4.69, 9.17) is 0 Å². The minimum atomic E-state index is 0.933. The molecule has 2 heterocycles. The number of fused-ring (bicyclic) bond motifs is 2.